The van der Waals surface area contributed by atoms with Gasteiger partial charge in [-0.1, -0.05) is 43.1 Å². The molecule has 0 atom stereocenters. The minimum atomic E-state index is 0.535. The monoisotopic (exact) mass is 286 g/mol. The molecule has 0 N–H and O–H groups in total. The van der Waals surface area contributed by atoms with Crippen LogP contribution in [0.4, 0.5) is 0 Å². The van der Waals surface area contributed by atoms with Gasteiger partial charge in [-0.05, 0) is 36.8 Å². The summed E-state index contributed by atoms with van der Waals surface area (Å²) >= 11 is 6.13. The largest absolute Gasteiger partial charge is 0.233 e. The van der Waals surface area contributed by atoms with Crippen LogP contribution in [0.1, 0.15) is 49.9 Å². The summed E-state index contributed by atoms with van der Waals surface area (Å²) in [5.74, 6) is 1.58. The quantitative estimate of drug-likeness (QED) is 0.738. The van der Waals surface area contributed by atoms with E-state index in [2.05, 4.69) is 41.2 Å². The molecule has 0 saturated heterocycles. The van der Waals surface area contributed by atoms with Gasteiger partial charge >= 0.3 is 0 Å². The summed E-state index contributed by atoms with van der Waals surface area (Å²) in [5.41, 5.74) is 3.52. The van der Waals surface area contributed by atoms with Crippen molar-refractivity contribution in [3.63, 3.8) is 0 Å². The molecule has 0 spiro atoms. The molecule has 1 heterocycles. The Kier molecular flexibility index (Phi) is 4.02. The maximum absolute atomic E-state index is 6.13. The first kappa shape index (κ1) is 13.6. The maximum atomic E-state index is 6.13. The van der Waals surface area contributed by atoms with Gasteiger partial charge in [-0.2, -0.15) is 0 Å². The van der Waals surface area contributed by atoms with Crippen LogP contribution in [0, 0.1) is 0 Å². The molecule has 1 aromatic heterocycles. The zero-order valence-electron chi connectivity index (χ0n) is 11.8. The highest BCUT2D eigenvalue weighted by Crippen LogP contribution is 2.37. The van der Waals surface area contributed by atoms with Crippen LogP contribution in [0.2, 0.25) is 5.15 Å². The van der Waals surface area contributed by atoms with E-state index in [0.29, 0.717) is 5.15 Å². The Bertz CT molecular complexity index is 606. The first-order valence-electron chi connectivity index (χ1n) is 7.40. The van der Waals surface area contributed by atoms with E-state index in [9.17, 15) is 0 Å². The summed E-state index contributed by atoms with van der Waals surface area (Å²) in [6.45, 7) is 2.13. The van der Waals surface area contributed by atoms with Crippen LogP contribution in [0.25, 0.3) is 11.3 Å². The van der Waals surface area contributed by atoms with Gasteiger partial charge in [0.2, 0.25) is 0 Å². The molecule has 1 aliphatic carbocycles. The molecule has 1 aliphatic rings. The summed E-state index contributed by atoms with van der Waals surface area (Å²) < 4.78 is 0. The summed E-state index contributed by atoms with van der Waals surface area (Å²) in [7, 11) is 0. The van der Waals surface area contributed by atoms with E-state index in [1.165, 1.54) is 24.8 Å². The maximum Gasteiger partial charge on any atom is 0.133 e. The number of hydrogen-bond acceptors (Lipinski definition) is 2. The first-order valence-corrected chi connectivity index (χ1v) is 7.78. The Morgan fingerprint density at radius 3 is 2.75 bits per heavy atom. The van der Waals surface area contributed by atoms with Gasteiger partial charge in [0.25, 0.3) is 0 Å². The first-order chi connectivity index (χ1) is 9.76. The molecule has 0 radical (unpaired) electrons. The van der Waals surface area contributed by atoms with Crippen molar-refractivity contribution in [1.29, 1.82) is 0 Å². The normalized spacial score (nSPS) is 15.1. The Morgan fingerprint density at radius 2 is 2.05 bits per heavy atom. The van der Waals surface area contributed by atoms with Crippen molar-refractivity contribution >= 4 is 11.6 Å². The number of halogens is 1. The van der Waals surface area contributed by atoms with Gasteiger partial charge in [0, 0.05) is 18.1 Å². The number of benzene rings is 1. The van der Waals surface area contributed by atoms with E-state index in [4.69, 9.17) is 11.6 Å². The molecule has 1 aromatic carbocycles. The van der Waals surface area contributed by atoms with Crippen LogP contribution in [0.5, 0.6) is 0 Å². The third-order valence-corrected chi connectivity index (χ3v) is 4.17. The molecule has 1 saturated carbocycles. The SMILES string of the molecule is CCCc1nc(Cl)cc(-c2cccc(C3CCC3)c2)n1. The van der Waals surface area contributed by atoms with Gasteiger partial charge in [0.1, 0.15) is 11.0 Å². The van der Waals surface area contributed by atoms with Crippen LogP contribution in [0.15, 0.2) is 30.3 Å². The lowest BCUT2D eigenvalue weighted by molar-refractivity contribution is 0.420. The third kappa shape index (κ3) is 2.85. The van der Waals surface area contributed by atoms with Crippen molar-refractivity contribution in [2.45, 2.75) is 44.9 Å². The molecule has 0 amide bonds. The van der Waals surface area contributed by atoms with E-state index >= 15 is 0 Å². The predicted molar refractivity (Wildman–Crippen MR) is 83.1 cm³/mol. The van der Waals surface area contributed by atoms with Gasteiger partial charge in [0.15, 0.2) is 0 Å². The number of rotatable bonds is 4. The van der Waals surface area contributed by atoms with Crippen LogP contribution >= 0.6 is 11.6 Å². The molecule has 3 rings (SSSR count). The second-order valence-electron chi connectivity index (χ2n) is 5.50. The minimum absolute atomic E-state index is 0.535. The highest BCUT2D eigenvalue weighted by molar-refractivity contribution is 6.29. The fourth-order valence-electron chi connectivity index (χ4n) is 2.64. The summed E-state index contributed by atoms with van der Waals surface area (Å²) in [5, 5.41) is 0.535. The average molecular weight is 287 g/mol. The third-order valence-electron chi connectivity index (χ3n) is 3.97. The molecule has 104 valence electrons. The van der Waals surface area contributed by atoms with E-state index in [-0.39, 0.29) is 0 Å². The van der Waals surface area contributed by atoms with Gasteiger partial charge in [-0.3, -0.25) is 0 Å². The Balaban J connectivity index is 1.95. The summed E-state index contributed by atoms with van der Waals surface area (Å²) in [6.07, 6.45) is 5.89. The van der Waals surface area contributed by atoms with Gasteiger partial charge in [-0.15, -0.1) is 0 Å². The molecular formula is C17H19ClN2. The molecule has 0 unspecified atom stereocenters. The molecule has 2 aromatic rings. The fraction of sp³-hybridized carbons (Fsp3) is 0.412. The lowest BCUT2D eigenvalue weighted by Crippen LogP contribution is -2.08. The van der Waals surface area contributed by atoms with Crippen molar-refractivity contribution in [1.82, 2.24) is 9.97 Å². The summed E-state index contributed by atoms with van der Waals surface area (Å²) in [4.78, 5) is 8.93. The molecule has 0 bridgehead atoms. The average Bonchev–Trinajstić information content (AvgIpc) is 2.37. The molecular weight excluding hydrogens is 268 g/mol. The van der Waals surface area contributed by atoms with Crippen molar-refractivity contribution in [3.05, 3.63) is 46.9 Å². The lowest BCUT2D eigenvalue weighted by Gasteiger charge is -2.26. The Hall–Kier alpha value is -1.41. The van der Waals surface area contributed by atoms with Crippen LogP contribution in [-0.2, 0) is 6.42 Å². The number of aromatic nitrogens is 2. The highest BCUT2D eigenvalue weighted by atomic mass is 35.5. The molecule has 2 nitrogen and oxygen atoms in total. The van der Waals surface area contributed by atoms with Crippen LogP contribution in [-0.4, -0.2) is 9.97 Å². The minimum Gasteiger partial charge on any atom is -0.233 e. The van der Waals surface area contributed by atoms with Gasteiger partial charge < -0.3 is 0 Å². The molecule has 3 heteroatoms. The molecule has 1 fully saturated rings. The second kappa shape index (κ2) is 5.92. The van der Waals surface area contributed by atoms with E-state index in [1.807, 2.05) is 6.07 Å². The van der Waals surface area contributed by atoms with Crippen LogP contribution < -0.4 is 0 Å². The topological polar surface area (TPSA) is 25.8 Å². The van der Waals surface area contributed by atoms with Crippen molar-refractivity contribution in [3.8, 4) is 11.3 Å². The van der Waals surface area contributed by atoms with Gasteiger partial charge in [0.05, 0.1) is 5.69 Å². The Labute approximate surface area is 125 Å². The predicted octanol–water partition coefficient (Wildman–Crippen LogP) is 5.02. The fourth-order valence-corrected chi connectivity index (χ4v) is 2.84. The van der Waals surface area contributed by atoms with Crippen molar-refractivity contribution < 1.29 is 0 Å². The highest BCUT2D eigenvalue weighted by Gasteiger charge is 2.19. The molecule has 0 aliphatic heterocycles. The van der Waals surface area contributed by atoms with Crippen molar-refractivity contribution in [2.24, 2.45) is 0 Å². The smallest absolute Gasteiger partial charge is 0.133 e. The van der Waals surface area contributed by atoms with E-state index in [0.717, 1.165) is 35.8 Å². The number of hydrogen-bond donors (Lipinski definition) is 0. The van der Waals surface area contributed by atoms with E-state index in [1.54, 1.807) is 0 Å². The van der Waals surface area contributed by atoms with Crippen LogP contribution in [0.3, 0.4) is 0 Å². The zero-order chi connectivity index (χ0) is 13.9. The number of aryl methyl sites for hydroxylation is 1. The van der Waals surface area contributed by atoms with Gasteiger partial charge in [-0.25, -0.2) is 9.97 Å². The summed E-state index contributed by atoms with van der Waals surface area (Å²) in [6, 6.07) is 10.6. The lowest BCUT2D eigenvalue weighted by atomic mass is 9.79. The van der Waals surface area contributed by atoms with E-state index < -0.39 is 0 Å². The second-order valence-corrected chi connectivity index (χ2v) is 5.88. The molecule has 20 heavy (non-hydrogen) atoms. The van der Waals surface area contributed by atoms with Crippen molar-refractivity contribution in [2.75, 3.05) is 0 Å². The Morgan fingerprint density at radius 1 is 1.20 bits per heavy atom. The standard InChI is InChI=1S/C17H19ClN2/c1-2-5-17-19-15(11-16(18)20-17)14-9-4-8-13(10-14)12-6-3-7-12/h4,8-12H,2-3,5-7H2,1H3. The number of nitrogens with zero attached hydrogens (tertiary/aromatic N) is 2. The zero-order valence-corrected chi connectivity index (χ0v) is 12.5.